The summed E-state index contributed by atoms with van der Waals surface area (Å²) in [5.74, 6) is 0.246. The van der Waals surface area contributed by atoms with Crippen molar-refractivity contribution in [3.63, 3.8) is 0 Å². The van der Waals surface area contributed by atoms with E-state index in [0.29, 0.717) is 43.1 Å². The summed E-state index contributed by atoms with van der Waals surface area (Å²) in [5, 5.41) is 6.48. The van der Waals surface area contributed by atoms with Gasteiger partial charge >= 0.3 is 0 Å². The fraction of sp³-hybridized carbons (Fsp3) is 0.536. The van der Waals surface area contributed by atoms with Gasteiger partial charge in [0, 0.05) is 32.2 Å². The van der Waals surface area contributed by atoms with Gasteiger partial charge in [0.25, 0.3) is 5.91 Å². The second kappa shape index (κ2) is 13.2. The van der Waals surface area contributed by atoms with E-state index in [1.165, 1.54) is 20.7 Å². The number of ether oxygens (including phenoxy) is 2. The van der Waals surface area contributed by atoms with Crippen LogP contribution in [0.2, 0.25) is 0 Å². The van der Waals surface area contributed by atoms with E-state index in [0.717, 1.165) is 38.1 Å². The molecule has 3 aliphatic heterocycles. The van der Waals surface area contributed by atoms with E-state index >= 15 is 0 Å². The lowest BCUT2D eigenvalue weighted by Crippen LogP contribution is -2.51. The van der Waals surface area contributed by atoms with Gasteiger partial charge in [-0.15, -0.1) is 0 Å². The minimum absolute atomic E-state index is 0.0138. The van der Waals surface area contributed by atoms with Gasteiger partial charge in [0.1, 0.15) is 19.0 Å². The number of hydrogen-bond donors (Lipinski definition) is 2. The van der Waals surface area contributed by atoms with Crippen molar-refractivity contribution in [2.75, 3.05) is 58.2 Å². The monoisotopic (exact) mass is 624 g/mol. The zero-order valence-electron chi connectivity index (χ0n) is 23.3. The van der Waals surface area contributed by atoms with E-state index in [1.807, 2.05) is 0 Å². The highest BCUT2D eigenvalue weighted by molar-refractivity contribution is 7.89. The SMILES string of the molecule is O=C(NC(CCCS(=O)(=O)N1CCN(S(=O)(=O)c2ccc(F)cc2)CC1)C1CCNCC1)c1cccc2c1OCCO2. The van der Waals surface area contributed by atoms with Gasteiger partial charge < -0.3 is 20.1 Å². The second-order valence-electron chi connectivity index (χ2n) is 10.7. The van der Waals surface area contributed by atoms with Crippen LogP contribution < -0.4 is 20.1 Å². The number of piperidine rings is 1. The van der Waals surface area contributed by atoms with E-state index in [9.17, 15) is 26.0 Å². The van der Waals surface area contributed by atoms with Crippen LogP contribution in [-0.4, -0.2) is 95.6 Å². The number of sulfonamides is 2. The van der Waals surface area contributed by atoms with Crippen molar-refractivity contribution in [2.24, 2.45) is 5.92 Å². The van der Waals surface area contributed by atoms with Crippen LogP contribution in [0.1, 0.15) is 36.0 Å². The first-order chi connectivity index (χ1) is 20.1. The molecule has 11 nitrogen and oxygen atoms in total. The Balaban J connectivity index is 1.18. The molecule has 230 valence electrons. The number of nitrogens with zero attached hydrogens (tertiary/aromatic N) is 2. The summed E-state index contributed by atoms with van der Waals surface area (Å²) < 4.78 is 79.3. The largest absolute Gasteiger partial charge is 0.486 e. The van der Waals surface area contributed by atoms with E-state index in [-0.39, 0.29) is 54.7 Å². The molecule has 42 heavy (non-hydrogen) atoms. The van der Waals surface area contributed by atoms with Gasteiger partial charge in [0.05, 0.1) is 16.2 Å². The molecule has 5 rings (SSSR count). The number of carbonyl (C=O) groups is 1. The number of nitrogens with one attached hydrogen (secondary N) is 2. The van der Waals surface area contributed by atoms with Crippen LogP contribution in [0, 0.1) is 11.7 Å². The summed E-state index contributed by atoms with van der Waals surface area (Å²) in [6.45, 7) is 2.55. The zero-order valence-corrected chi connectivity index (χ0v) is 25.0. The normalized spacial score (nSPS) is 19.7. The van der Waals surface area contributed by atoms with E-state index in [1.54, 1.807) is 18.2 Å². The van der Waals surface area contributed by atoms with Crippen LogP contribution in [0.25, 0.3) is 0 Å². The third kappa shape index (κ3) is 7.05. The highest BCUT2D eigenvalue weighted by Gasteiger charge is 2.34. The molecular formula is C28H37FN4O7S2. The first-order valence-electron chi connectivity index (χ1n) is 14.3. The first kappa shape index (κ1) is 30.7. The Morgan fingerprint density at radius 1 is 0.952 bits per heavy atom. The first-order valence-corrected chi connectivity index (χ1v) is 17.3. The molecule has 0 spiro atoms. The minimum Gasteiger partial charge on any atom is -0.486 e. The molecule has 0 aromatic heterocycles. The summed E-state index contributed by atoms with van der Waals surface area (Å²) in [7, 11) is -7.49. The number of rotatable bonds is 10. The predicted molar refractivity (Wildman–Crippen MR) is 154 cm³/mol. The number of benzene rings is 2. The molecule has 0 aliphatic carbocycles. The van der Waals surface area contributed by atoms with Gasteiger partial charge in [0.2, 0.25) is 20.0 Å². The lowest BCUT2D eigenvalue weighted by Gasteiger charge is -2.34. The average Bonchev–Trinajstić information content (AvgIpc) is 3.01. The van der Waals surface area contributed by atoms with Crippen molar-refractivity contribution < 1.29 is 35.5 Å². The molecular weight excluding hydrogens is 587 g/mol. The summed E-state index contributed by atoms with van der Waals surface area (Å²) in [6.07, 6.45) is 2.57. The maximum atomic E-state index is 13.3. The Hall–Kier alpha value is -2.78. The van der Waals surface area contributed by atoms with E-state index < -0.39 is 25.9 Å². The van der Waals surface area contributed by atoms with Crippen LogP contribution in [0.15, 0.2) is 47.4 Å². The quantitative estimate of drug-likeness (QED) is 0.409. The van der Waals surface area contributed by atoms with Crippen molar-refractivity contribution in [1.29, 1.82) is 0 Å². The topological polar surface area (TPSA) is 134 Å². The smallest absolute Gasteiger partial charge is 0.255 e. The molecule has 2 aromatic rings. The van der Waals surface area contributed by atoms with Crippen molar-refractivity contribution in [1.82, 2.24) is 19.2 Å². The molecule has 1 unspecified atom stereocenters. The Labute approximate surface area is 246 Å². The van der Waals surface area contributed by atoms with Gasteiger partial charge in [-0.1, -0.05) is 6.07 Å². The third-order valence-corrected chi connectivity index (χ3v) is 11.9. The van der Waals surface area contributed by atoms with Crippen LogP contribution in [-0.2, 0) is 20.0 Å². The standard InChI is InChI=1S/C28H37FN4O7S2/c29-22-6-8-23(9-7-22)42(37,38)33-16-14-32(15-17-33)41(35,36)20-2-4-25(21-10-12-30-13-11-21)31-28(34)24-3-1-5-26-27(24)40-19-18-39-26/h1,3,5-9,21,25,30H,2,4,10-20H2,(H,31,34). The zero-order chi connectivity index (χ0) is 29.7. The molecule has 2 saturated heterocycles. The number of carbonyl (C=O) groups excluding carboxylic acids is 1. The molecule has 0 bridgehead atoms. The van der Waals surface area contributed by atoms with Crippen LogP contribution >= 0.6 is 0 Å². The number of amides is 1. The summed E-state index contributed by atoms with van der Waals surface area (Å²) in [6, 6.07) is 9.58. The van der Waals surface area contributed by atoms with Crippen molar-refractivity contribution in [2.45, 2.75) is 36.6 Å². The van der Waals surface area contributed by atoms with Crippen LogP contribution in [0.4, 0.5) is 4.39 Å². The lowest BCUT2D eigenvalue weighted by atomic mass is 9.87. The van der Waals surface area contributed by atoms with Crippen molar-refractivity contribution in [3.8, 4) is 11.5 Å². The maximum absolute atomic E-state index is 13.3. The summed E-state index contributed by atoms with van der Waals surface area (Å²) >= 11 is 0. The molecule has 14 heteroatoms. The molecule has 3 aliphatic rings. The highest BCUT2D eigenvalue weighted by Crippen LogP contribution is 2.34. The van der Waals surface area contributed by atoms with Crippen LogP contribution in [0.5, 0.6) is 11.5 Å². The van der Waals surface area contributed by atoms with E-state index in [4.69, 9.17) is 9.47 Å². The number of hydrogen-bond acceptors (Lipinski definition) is 8. The van der Waals surface area contributed by atoms with Gasteiger partial charge in [0.15, 0.2) is 11.5 Å². The van der Waals surface area contributed by atoms with Crippen molar-refractivity contribution >= 4 is 26.0 Å². The molecule has 2 aromatic carbocycles. The van der Waals surface area contributed by atoms with Gasteiger partial charge in [-0.25, -0.2) is 21.2 Å². The second-order valence-corrected chi connectivity index (χ2v) is 14.7. The lowest BCUT2D eigenvalue weighted by molar-refractivity contribution is 0.0900. The molecule has 2 N–H and O–H groups in total. The van der Waals surface area contributed by atoms with Gasteiger partial charge in [-0.2, -0.15) is 8.61 Å². The fourth-order valence-corrected chi connectivity index (χ4v) is 8.66. The number of piperazine rings is 1. The Kier molecular flexibility index (Phi) is 9.67. The fourth-order valence-electron chi connectivity index (χ4n) is 5.73. The Morgan fingerprint density at radius 2 is 1.62 bits per heavy atom. The highest BCUT2D eigenvalue weighted by atomic mass is 32.2. The molecule has 1 amide bonds. The molecule has 2 fully saturated rings. The predicted octanol–water partition coefficient (Wildman–Crippen LogP) is 1.81. The van der Waals surface area contributed by atoms with Gasteiger partial charge in [-0.3, -0.25) is 4.79 Å². The summed E-state index contributed by atoms with van der Waals surface area (Å²) in [5.41, 5.74) is 0.396. The molecule has 0 saturated carbocycles. The Morgan fingerprint density at radius 3 is 2.33 bits per heavy atom. The Bertz CT molecular complexity index is 1460. The van der Waals surface area contributed by atoms with Crippen molar-refractivity contribution in [3.05, 3.63) is 53.8 Å². The maximum Gasteiger partial charge on any atom is 0.255 e. The van der Waals surface area contributed by atoms with Gasteiger partial charge in [-0.05, 0) is 81.1 Å². The minimum atomic E-state index is -3.85. The number of halogens is 1. The third-order valence-electron chi connectivity index (χ3n) is 8.04. The number of para-hydroxylation sites is 1. The van der Waals surface area contributed by atoms with Crippen LogP contribution in [0.3, 0.4) is 0 Å². The number of fused-ring (bicyclic) bond motifs is 1. The van der Waals surface area contributed by atoms with E-state index in [2.05, 4.69) is 10.6 Å². The molecule has 0 radical (unpaired) electrons. The summed E-state index contributed by atoms with van der Waals surface area (Å²) in [4.78, 5) is 13.3. The molecule has 1 atom stereocenters. The average molecular weight is 625 g/mol. The molecule has 3 heterocycles.